The molecule has 78 valence electrons. The lowest BCUT2D eigenvalue weighted by Crippen LogP contribution is -2.20. The van der Waals surface area contributed by atoms with Gasteiger partial charge < -0.3 is 9.30 Å². The number of rotatable bonds is 1. The highest BCUT2D eigenvalue weighted by molar-refractivity contribution is 5.75. The first-order valence-electron chi connectivity index (χ1n) is 5.44. The van der Waals surface area contributed by atoms with E-state index in [1.807, 2.05) is 12.4 Å². The van der Waals surface area contributed by atoms with Crippen LogP contribution in [-0.4, -0.2) is 22.8 Å². The summed E-state index contributed by atoms with van der Waals surface area (Å²) in [5, 5.41) is 0. The van der Waals surface area contributed by atoms with Gasteiger partial charge in [-0.05, 0) is 25.0 Å². The predicted octanol–water partition coefficient (Wildman–Crippen LogP) is 2.39. The Morgan fingerprint density at radius 3 is 3.13 bits per heavy atom. The zero-order valence-electron chi connectivity index (χ0n) is 8.60. The van der Waals surface area contributed by atoms with Crippen LogP contribution in [0.3, 0.4) is 0 Å². The molecule has 1 aliphatic rings. The zero-order chi connectivity index (χ0) is 10.1. The van der Waals surface area contributed by atoms with Crippen LogP contribution < -0.4 is 0 Å². The van der Waals surface area contributed by atoms with Gasteiger partial charge >= 0.3 is 0 Å². The Hall–Kier alpha value is -1.35. The summed E-state index contributed by atoms with van der Waals surface area (Å²) in [6.45, 7) is 1.73. The normalized spacial score (nSPS) is 22.0. The van der Waals surface area contributed by atoms with Gasteiger partial charge in [0, 0.05) is 6.61 Å². The summed E-state index contributed by atoms with van der Waals surface area (Å²) in [4.78, 5) is 4.40. The van der Waals surface area contributed by atoms with E-state index in [9.17, 15) is 0 Å². The first-order chi connectivity index (χ1) is 7.45. The average Bonchev–Trinajstić information content (AvgIpc) is 2.74. The van der Waals surface area contributed by atoms with E-state index in [4.69, 9.17) is 4.74 Å². The van der Waals surface area contributed by atoms with Crippen molar-refractivity contribution in [3.05, 3.63) is 30.6 Å². The maximum atomic E-state index is 5.51. The Labute approximate surface area is 88.7 Å². The van der Waals surface area contributed by atoms with Crippen molar-refractivity contribution in [1.82, 2.24) is 9.55 Å². The molecule has 0 N–H and O–H groups in total. The second-order valence-electron chi connectivity index (χ2n) is 4.01. The average molecular weight is 202 g/mol. The van der Waals surface area contributed by atoms with Crippen LogP contribution in [0.25, 0.3) is 11.0 Å². The van der Waals surface area contributed by atoms with Crippen LogP contribution in [0.15, 0.2) is 30.6 Å². The summed E-state index contributed by atoms with van der Waals surface area (Å²) in [5.74, 6) is 0. The molecule has 1 fully saturated rings. The van der Waals surface area contributed by atoms with Crippen LogP contribution in [0.4, 0.5) is 0 Å². The minimum absolute atomic E-state index is 0.464. The number of benzene rings is 1. The second kappa shape index (κ2) is 3.66. The summed E-state index contributed by atoms with van der Waals surface area (Å²) in [6.07, 6.45) is 4.28. The van der Waals surface area contributed by atoms with Crippen LogP contribution in [0.1, 0.15) is 18.9 Å². The van der Waals surface area contributed by atoms with Gasteiger partial charge in [-0.2, -0.15) is 0 Å². The van der Waals surface area contributed by atoms with E-state index in [1.165, 1.54) is 11.9 Å². The second-order valence-corrected chi connectivity index (χ2v) is 4.01. The van der Waals surface area contributed by atoms with E-state index in [2.05, 4.69) is 27.8 Å². The molecule has 1 aliphatic heterocycles. The van der Waals surface area contributed by atoms with Crippen molar-refractivity contribution < 1.29 is 4.74 Å². The Morgan fingerprint density at radius 2 is 2.27 bits per heavy atom. The van der Waals surface area contributed by atoms with Gasteiger partial charge in [-0.1, -0.05) is 12.1 Å². The van der Waals surface area contributed by atoms with Crippen molar-refractivity contribution in [1.29, 1.82) is 0 Å². The summed E-state index contributed by atoms with van der Waals surface area (Å²) in [6, 6.07) is 8.72. The first kappa shape index (κ1) is 8.92. The Balaban J connectivity index is 2.02. The molecule has 1 aromatic heterocycles. The summed E-state index contributed by atoms with van der Waals surface area (Å²) < 4.78 is 7.75. The standard InChI is InChI=1S/C12H14N2O/c1-2-6-12-11(5-1)13-9-14(12)10-4-3-7-15-8-10/h1-2,5-6,9-10H,3-4,7-8H2. The third-order valence-electron chi connectivity index (χ3n) is 3.01. The molecule has 2 aromatic rings. The van der Waals surface area contributed by atoms with E-state index in [1.54, 1.807) is 0 Å². The van der Waals surface area contributed by atoms with E-state index in [0.29, 0.717) is 6.04 Å². The molecule has 15 heavy (non-hydrogen) atoms. The minimum Gasteiger partial charge on any atom is -0.379 e. The number of ether oxygens (including phenoxy) is 1. The fraction of sp³-hybridized carbons (Fsp3) is 0.417. The van der Waals surface area contributed by atoms with Crippen molar-refractivity contribution in [2.24, 2.45) is 0 Å². The predicted molar refractivity (Wildman–Crippen MR) is 58.8 cm³/mol. The smallest absolute Gasteiger partial charge is 0.0961 e. The third-order valence-corrected chi connectivity index (χ3v) is 3.01. The maximum absolute atomic E-state index is 5.51. The van der Waals surface area contributed by atoms with E-state index in [0.717, 1.165) is 25.2 Å². The van der Waals surface area contributed by atoms with Gasteiger partial charge in [0.2, 0.25) is 0 Å². The van der Waals surface area contributed by atoms with Gasteiger partial charge in [0.1, 0.15) is 0 Å². The topological polar surface area (TPSA) is 27.1 Å². The number of nitrogens with zero attached hydrogens (tertiary/aromatic N) is 2. The lowest BCUT2D eigenvalue weighted by atomic mass is 10.1. The van der Waals surface area contributed by atoms with Gasteiger partial charge in [-0.15, -0.1) is 0 Å². The Bertz CT molecular complexity index is 457. The molecule has 3 rings (SSSR count). The molecular weight excluding hydrogens is 188 g/mol. The number of hydrogen-bond acceptors (Lipinski definition) is 2. The highest BCUT2D eigenvalue weighted by Crippen LogP contribution is 2.23. The van der Waals surface area contributed by atoms with E-state index in [-0.39, 0.29) is 0 Å². The molecule has 1 atom stereocenters. The molecule has 3 nitrogen and oxygen atoms in total. The third kappa shape index (κ3) is 1.53. The fourth-order valence-electron chi connectivity index (χ4n) is 2.21. The molecule has 2 heterocycles. The van der Waals surface area contributed by atoms with E-state index >= 15 is 0 Å². The van der Waals surface area contributed by atoms with Gasteiger partial charge in [-0.3, -0.25) is 0 Å². The molecule has 0 saturated carbocycles. The summed E-state index contributed by atoms with van der Waals surface area (Å²) >= 11 is 0. The molecule has 0 aliphatic carbocycles. The molecule has 1 saturated heterocycles. The van der Waals surface area contributed by atoms with Crippen LogP contribution in [0.2, 0.25) is 0 Å². The highest BCUT2D eigenvalue weighted by atomic mass is 16.5. The number of hydrogen-bond donors (Lipinski definition) is 0. The number of imidazole rings is 1. The first-order valence-corrected chi connectivity index (χ1v) is 5.44. The van der Waals surface area contributed by atoms with Crippen molar-refractivity contribution in [2.75, 3.05) is 13.2 Å². The summed E-state index contributed by atoms with van der Waals surface area (Å²) in [7, 11) is 0. The minimum atomic E-state index is 0.464. The van der Waals surface area contributed by atoms with Crippen LogP contribution in [0.5, 0.6) is 0 Å². The molecule has 3 heteroatoms. The largest absolute Gasteiger partial charge is 0.379 e. The molecule has 0 bridgehead atoms. The molecule has 0 radical (unpaired) electrons. The van der Waals surface area contributed by atoms with Gasteiger partial charge in [0.05, 0.1) is 30.0 Å². The number of fused-ring (bicyclic) bond motifs is 1. The SMILES string of the molecule is c1ccc2c(c1)ncn2C1CCCOC1. The monoisotopic (exact) mass is 202 g/mol. The Kier molecular flexibility index (Phi) is 2.18. The molecular formula is C12H14N2O. The lowest BCUT2D eigenvalue weighted by molar-refractivity contribution is 0.0605. The molecule has 1 aromatic carbocycles. The fourth-order valence-corrected chi connectivity index (χ4v) is 2.21. The lowest BCUT2D eigenvalue weighted by Gasteiger charge is -2.23. The van der Waals surface area contributed by atoms with Gasteiger partial charge in [0.25, 0.3) is 0 Å². The van der Waals surface area contributed by atoms with Gasteiger partial charge in [0.15, 0.2) is 0 Å². The summed E-state index contributed by atoms with van der Waals surface area (Å²) in [5.41, 5.74) is 2.29. The number of para-hydroxylation sites is 2. The molecule has 0 spiro atoms. The zero-order valence-corrected chi connectivity index (χ0v) is 8.60. The van der Waals surface area contributed by atoms with E-state index < -0.39 is 0 Å². The van der Waals surface area contributed by atoms with Crippen LogP contribution in [0, 0.1) is 0 Å². The number of aromatic nitrogens is 2. The van der Waals surface area contributed by atoms with Crippen molar-refractivity contribution >= 4 is 11.0 Å². The molecule has 0 amide bonds. The van der Waals surface area contributed by atoms with Crippen molar-refractivity contribution in [3.63, 3.8) is 0 Å². The maximum Gasteiger partial charge on any atom is 0.0961 e. The van der Waals surface area contributed by atoms with Crippen molar-refractivity contribution in [3.8, 4) is 0 Å². The molecule has 1 unspecified atom stereocenters. The van der Waals surface area contributed by atoms with Crippen LogP contribution >= 0.6 is 0 Å². The quantitative estimate of drug-likeness (QED) is 0.710. The van der Waals surface area contributed by atoms with Crippen LogP contribution in [-0.2, 0) is 4.74 Å². The highest BCUT2D eigenvalue weighted by Gasteiger charge is 2.17. The van der Waals surface area contributed by atoms with Crippen molar-refractivity contribution in [2.45, 2.75) is 18.9 Å². The van der Waals surface area contributed by atoms with Gasteiger partial charge in [-0.25, -0.2) is 4.98 Å². The Morgan fingerprint density at radius 1 is 1.33 bits per heavy atom.